The van der Waals surface area contributed by atoms with E-state index in [2.05, 4.69) is 28.9 Å². The topological polar surface area (TPSA) is 68.2 Å². The summed E-state index contributed by atoms with van der Waals surface area (Å²) in [5, 5.41) is 4.10. The molecule has 2 N–H and O–H groups in total. The Balaban J connectivity index is 1.75. The third-order valence-electron chi connectivity index (χ3n) is 4.46. The molecule has 1 aliphatic heterocycles. The fourth-order valence-corrected chi connectivity index (χ4v) is 2.82. The van der Waals surface area contributed by atoms with E-state index in [0.717, 1.165) is 31.6 Å². The molecule has 0 spiro atoms. The first-order valence-electron chi connectivity index (χ1n) is 7.44. The minimum atomic E-state index is 0.128. The molecule has 112 valence electrons. The SMILES string of the molecule is CC(c1nc(-c2ccccc2)no1)N1CCC(C)(CN)C1. The highest BCUT2D eigenvalue weighted by Gasteiger charge is 2.36. The summed E-state index contributed by atoms with van der Waals surface area (Å²) in [6.45, 7) is 7.08. The summed E-state index contributed by atoms with van der Waals surface area (Å²) in [5.41, 5.74) is 7.06. The molecule has 1 saturated heterocycles. The number of likely N-dealkylation sites (tertiary alicyclic amines) is 1. The summed E-state index contributed by atoms with van der Waals surface area (Å²) in [5.74, 6) is 1.33. The molecule has 1 aromatic heterocycles. The van der Waals surface area contributed by atoms with Gasteiger partial charge in [0.1, 0.15) is 0 Å². The summed E-state index contributed by atoms with van der Waals surface area (Å²) in [6, 6.07) is 10.0. The van der Waals surface area contributed by atoms with Gasteiger partial charge in [-0.05, 0) is 31.8 Å². The average Bonchev–Trinajstić information content (AvgIpc) is 3.15. The van der Waals surface area contributed by atoms with Gasteiger partial charge in [-0.2, -0.15) is 4.98 Å². The Labute approximate surface area is 125 Å². The van der Waals surface area contributed by atoms with Crippen molar-refractivity contribution in [3.05, 3.63) is 36.2 Å². The Bertz CT molecular complexity index is 597. The van der Waals surface area contributed by atoms with E-state index in [1.807, 2.05) is 30.3 Å². The molecular weight excluding hydrogens is 264 g/mol. The Morgan fingerprint density at radius 1 is 1.38 bits per heavy atom. The van der Waals surface area contributed by atoms with E-state index in [1.54, 1.807) is 0 Å². The molecule has 2 atom stereocenters. The van der Waals surface area contributed by atoms with Crippen LogP contribution in [0.1, 0.15) is 32.2 Å². The van der Waals surface area contributed by atoms with Crippen molar-refractivity contribution in [2.45, 2.75) is 26.3 Å². The van der Waals surface area contributed by atoms with Crippen molar-refractivity contribution in [1.29, 1.82) is 0 Å². The van der Waals surface area contributed by atoms with E-state index in [0.29, 0.717) is 11.7 Å². The molecule has 5 nitrogen and oxygen atoms in total. The maximum absolute atomic E-state index is 5.87. The first-order chi connectivity index (χ1) is 10.1. The summed E-state index contributed by atoms with van der Waals surface area (Å²) in [4.78, 5) is 6.92. The molecule has 0 saturated carbocycles. The zero-order chi connectivity index (χ0) is 14.9. The summed E-state index contributed by atoms with van der Waals surface area (Å²) in [6.07, 6.45) is 1.12. The highest BCUT2D eigenvalue weighted by molar-refractivity contribution is 5.53. The monoisotopic (exact) mass is 286 g/mol. The van der Waals surface area contributed by atoms with Crippen LogP contribution in [0, 0.1) is 5.41 Å². The van der Waals surface area contributed by atoms with Crippen molar-refractivity contribution in [2.24, 2.45) is 11.1 Å². The fraction of sp³-hybridized carbons (Fsp3) is 0.500. The number of hydrogen-bond acceptors (Lipinski definition) is 5. The van der Waals surface area contributed by atoms with Gasteiger partial charge in [-0.15, -0.1) is 0 Å². The normalized spacial score (nSPS) is 24.3. The van der Waals surface area contributed by atoms with E-state index < -0.39 is 0 Å². The van der Waals surface area contributed by atoms with Crippen molar-refractivity contribution >= 4 is 0 Å². The van der Waals surface area contributed by atoms with Gasteiger partial charge in [0.25, 0.3) is 0 Å². The molecule has 3 rings (SSSR count). The van der Waals surface area contributed by atoms with Crippen LogP contribution in [0.2, 0.25) is 0 Å². The zero-order valence-electron chi connectivity index (χ0n) is 12.6. The quantitative estimate of drug-likeness (QED) is 0.935. The van der Waals surface area contributed by atoms with E-state index in [9.17, 15) is 0 Å². The second-order valence-corrected chi connectivity index (χ2v) is 6.23. The van der Waals surface area contributed by atoms with Gasteiger partial charge in [0.15, 0.2) is 0 Å². The van der Waals surface area contributed by atoms with Gasteiger partial charge < -0.3 is 10.3 Å². The molecule has 0 radical (unpaired) electrons. The second kappa shape index (κ2) is 5.58. The molecule has 21 heavy (non-hydrogen) atoms. The van der Waals surface area contributed by atoms with Gasteiger partial charge in [-0.3, -0.25) is 4.90 Å². The van der Waals surface area contributed by atoms with E-state index in [1.165, 1.54) is 0 Å². The summed E-state index contributed by atoms with van der Waals surface area (Å²) < 4.78 is 5.46. The van der Waals surface area contributed by atoms with Gasteiger partial charge in [0, 0.05) is 12.1 Å². The number of aromatic nitrogens is 2. The van der Waals surface area contributed by atoms with Crippen LogP contribution in [0.15, 0.2) is 34.9 Å². The lowest BCUT2D eigenvalue weighted by molar-refractivity contribution is 0.188. The molecule has 2 heterocycles. The Kier molecular flexibility index (Phi) is 3.78. The van der Waals surface area contributed by atoms with Crippen molar-refractivity contribution in [2.75, 3.05) is 19.6 Å². The van der Waals surface area contributed by atoms with Gasteiger partial charge in [0.05, 0.1) is 6.04 Å². The maximum atomic E-state index is 5.87. The van der Waals surface area contributed by atoms with Crippen molar-refractivity contribution in [3.63, 3.8) is 0 Å². The molecule has 2 unspecified atom stereocenters. The molecule has 5 heteroatoms. The van der Waals surface area contributed by atoms with Crippen molar-refractivity contribution in [1.82, 2.24) is 15.0 Å². The molecular formula is C16H22N4O. The van der Waals surface area contributed by atoms with Crippen LogP contribution < -0.4 is 5.73 Å². The van der Waals surface area contributed by atoms with Gasteiger partial charge in [-0.1, -0.05) is 42.4 Å². The predicted octanol–water partition coefficient (Wildman–Crippen LogP) is 2.47. The minimum Gasteiger partial charge on any atom is -0.337 e. The third-order valence-corrected chi connectivity index (χ3v) is 4.46. The zero-order valence-corrected chi connectivity index (χ0v) is 12.6. The largest absolute Gasteiger partial charge is 0.337 e. The Morgan fingerprint density at radius 2 is 2.14 bits per heavy atom. The lowest BCUT2D eigenvalue weighted by atomic mass is 9.90. The van der Waals surface area contributed by atoms with Crippen LogP contribution in [0.3, 0.4) is 0 Å². The number of hydrogen-bond donors (Lipinski definition) is 1. The van der Waals surface area contributed by atoms with Crippen molar-refractivity contribution < 1.29 is 4.52 Å². The summed E-state index contributed by atoms with van der Waals surface area (Å²) >= 11 is 0. The van der Waals surface area contributed by atoms with Crippen LogP contribution in [0.5, 0.6) is 0 Å². The highest BCUT2D eigenvalue weighted by Crippen LogP contribution is 2.34. The molecule has 1 aromatic carbocycles. The van der Waals surface area contributed by atoms with E-state index in [4.69, 9.17) is 10.3 Å². The van der Waals surface area contributed by atoms with Crippen LogP contribution in [-0.4, -0.2) is 34.7 Å². The first-order valence-corrected chi connectivity index (χ1v) is 7.44. The fourth-order valence-electron chi connectivity index (χ4n) is 2.82. The lowest BCUT2D eigenvalue weighted by Crippen LogP contribution is -2.32. The average molecular weight is 286 g/mol. The van der Waals surface area contributed by atoms with Gasteiger partial charge in [0.2, 0.25) is 11.7 Å². The van der Waals surface area contributed by atoms with Crippen molar-refractivity contribution in [3.8, 4) is 11.4 Å². The number of rotatable bonds is 4. The summed E-state index contributed by atoms with van der Waals surface area (Å²) in [7, 11) is 0. The van der Waals surface area contributed by atoms with Crippen LogP contribution in [-0.2, 0) is 0 Å². The van der Waals surface area contributed by atoms with Crippen LogP contribution in [0.4, 0.5) is 0 Å². The van der Waals surface area contributed by atoms with E-state index >= 15 is 0 Å². The van der Waals surface area contributed by atoms with Crippen LogP contribution >= 0.6 is 0 Å². The van der Waals surface area contributed by atoms with Gasteiger partial charge in [-0.25, -0.2) is 0 Å². The molecule has 1 aliphatic rings. The predicted molar refractivity (Wildman–Crippen MR) is 81.5 cm³/mol. The van der Waals surface area contributed by atoms with Crippen LogP contribution in [0.25, 0.3) is 11.4 Å². The molecule has 0 aliphatic carbocycles. The Hall–Kier alpha value is -1.72. The van der Waals surface area contributed by atoms with E-state index in [-0.39, 0.29) is 11.5 Å². The number of benzene rings is 1. The standard InChI is InChI=1S/C16H22N4O/c1-12(20-9-8-16(2,10-17)11-20)15-18-14(19-21-15)13-6-4-3-5-7-13/h3-7,12H,8-11,17H2,1-2H3. The maximum Gasteiger partial charge on any atom is 0.244 e. The highest BCUT2D eigenvalue weighted by atomic mass is 16.5. The minimum absolute atomic E-state index is 0.128. The molecule has 1 fully saturated rings. The third kappa shape index (κ3) is 2.84. The molecule has 0 bridgehead atoms. The number of nitrogens with zero attached hydrogens (tertiary/aromatic N) is 3. The van der Waals surface area contributed by atoms with Gasteiger partial charge >= 0.3 is 0 Å². The second-order valence-electron chi connectivity index (χ2n) is 6.23. The first kappa shape index (κ1) is 14.2. The molecule has 2 aromatic rings. The molecule has 0 amide bonds. The smallest absolute Gasteiger partial charge is 0.244 e. The lowest BCUT2D eigenvalue weighted by Gasteiger charge is -2.25. The Morgan fingerprint density at radius 3 is 2.81 bits per heavy atom. The number of nitrogens with two attached hydrogens (primary N) is 1.